The molecule has 46 heavy (non-hydrogen) atoms. The lowest BCUT2D eigenvalue weighted by atomic mass is 10.1. The summed E-state index contributed by atoms with van der Waals surface area (Å²) in [6.45, 7) is 7.96. The Labute approximate surface area is 266 Å². The zero-order chi connectivity index (χ0) is 32.3. The van der Waals surface area contributed by atoms with Gasteiger partial charge < -0.3 is 19.6 Å². The molecule has 0 spiro atoms. The molecule has 0 amide bonds. The van der Waals surface area contributed by atoms with E-state index in [1.165, 1.54) is 30.0 Å². The lowest BCUT2D eigenvalue weighted by molar-refractivity contribution is -0.128. The van der Waals surface area contributed by atoms with Crippen molar-refractivity contribution in [3.63, 3.8) is 0 Å². The molecule has 0 unspecified atom stereocenters. The van der Waals surface area contributed by atoms with Crippen molar-refractivity contribution in [3.8, 4) is 11.3 Å². The van der Waals surface area contributed by atoms with Gasteiger partial charge in [-0.2, -0.15) is 8.42 Å². The molecule has 2 aromatic heterocycles. The molecule has 0 aliphatic carbocycles. The number of anilines is 3. The van der Waals surface area contributed by atoms with Crippen molar-refractivity contribution < 1.29 is 22.4 Å². The first kappa shape index (κ1) is 31.1. The average Bonchev–Trinajstić information content (AvgIpc) is 3.46. The molecule has 238 valence electrons. The molecule has 3 aromatic carbocycles. The monoisotopic (exact) mass is 643 g/mol. The van der Waals surface area contributed by atoms with Gasteiger partial charge in [-0.1, -0.05) is 16.6 Å². The number of rotatable bonds is 11. The summed E-state index contributed by atoms with van der Waals surface area (Å²) in [6.07, 6.45) is 3.60. The second-order valence-corrected chi connectivity index (χ2v) is 13.0. The predicted molar refractivity (Wildman–Crippen MR) is 175 cm³/mol. The van der Waals surface area contributed by atoms with Gasteiger partial charge in [0.1, 0.15) is 22.9 Å². The average molecular weight is 644 g/mol. The molecule has 5 aromatic rings. The Morgan fingerprint density at radius 2 is 1.74 bits per heavy atom. The quantitative estimate of drug-likeness (QED) is 0.160. The van der Waals surface area contributed by atoms with Gasteiger partial charge in [0.25, 0.3) is 10.0 Å². The van der Waals surface area contributed by atoms with Gasteiger partial charge in [-0.15, -0.1) is 0 Å². The third-order valence-corrected chi connectivity index (χ3v) is 9.68. The number of halogens is 1. The van der Waals surface area contributed by atoms with Crippen LogP contribution in [0.25, 0.3) is 22.2 Å². The van der Waals surface area contributed by atoms with Crippen LogP contribution < -0.4 is 9.79 Å². The number of nitrogens with zero attached hydrogens (tertiary/aromatic N) is 6. The van der Waals surface area contributed by atoms with E-state index in [1.54, 1.807) is 19.1 Å². The van der Waals surface area contributed by atoms with Crippen LogP contribution in [0.4, 0.5) is 21.6 Å². The van der Waals surface area contributed by atoms with E-state index in [1.807, 2.05) is 6.07 Å². The SMILES string of the molecule is Cc1ccc(S(=O)(=O)N(OC=O)c2ccc(Nc3cc(-c4ccc5c(ccn5CCN5CCN(C)CC5)c4)ncn3)cc2)c(F)c1. The predicted octanol–water partition coefficient (Wildman–Crippen LogP) is 4.82. The number of hydrogen-bond donors (Lipinski definition) is 1. The second kappa shape index (κ2) is 13.3. The van der Waals surface area contributed by atoms with Crippen LogP contribution in [0, 0.1) is 12.7 Å². The second-order valence-electron chi connectivity index (χ2n) is 11.3. The summed E-state index contributed by atoms with van der Waals surface area (Å²) in [5.74, 6) is -0.423. The summed E-state index contributed by atoms with van der Waals surface area (Å²) in [6, 6.07) is 20.0. The number of hydrogen-bond acceptors (Lipinski definition) is 9. The first-order chi connectivity index (χ1) is 22.2. The summed E-state index contributed by atoms with van der Waals surface area (Å²) in [7, 11) is -2.37. The van der Waals surface area contributed by atoms with Crippen molar-refractivity contribution in [2.24, 2.45) is 0 Å². The molecular weight excluding hydrogens is 609 g/mol. The van der Waals surface area contributed by atoms with Gasteiger partial charge in [-0.3, -0.25) is 9.69 Å². The first-order valence-corrected chi connectivity index (χ1v) is 16.3. The molecule has 11 nitrogen and oxygen atoms in total. The van der Waals surface area contributed by atoms with E-state index in [-0.39, 0.29) is 12.2 Å². The summed E-state index contributed by atoms with van der Waals surface area (Å²) in [4.78, 5) is 29.0. The van der Waals surface area contributed by atoms with Crippen LogP contribution in [0.2, 0.25) is 0 Å². The Morgan fingerprint density at radius 3 is 2.48 bits per heavy atom. The molecule has 1 saturated heterocycles. The molecule has 1 aliphatic heterocycles. The maximum atomic E-state index is 14.5. The van der Waals surface area contributed by atoms with Gasteiger partial charge in [0.2, 0.25) is 0 Å². The number of fused-ring (bicyclic) bond motifs is 1. The first-order valence-electron chi connectivity index (χ1n) is 14.8. The Kier molecular flexibility index (Phi) is 8.97. The molecule has 0 saturated carbocycles. The fourth-order valence-electron chi connectivity index (χ4n) is 5.47. The van der Waals surface area contributed by atoms with E-state index in [4.69, 9.17) is 4.84 Å². The van der Waals surface area contributed by atoms with E-state index in [9.17, 15) is 17.6 Å². The molecule has 1 aliphatic rings. The van der Waals surface area contributed by atoms with E-state index >= 15 is 0 Å². The van der Waals surface area contributed by atoms with Crippen LogP contribution in [0.1, 0.15) is 5.56 Å². The van der Waals surface area contributed by atoms with Crippen molar-refractivity contribution in [3.05, 3.63) is 96.7 Å². The fourth-order valence-corrected chi connectivity index (χ4v) is 6.74. The molecular formula is C33H34FN7O4S. The zero-order valence-corrected chi connectivity index (χ0v) is 26.3. The summed E-state index contributed by atoms with van der Waals surface area (Å²) < 4.78 is 43.5. The number of benzene rings is 3. The van der Waals surface area contributed by atoms with Crippen molar-refractivity contribution in [1.29, 1.82) is 0 Å². The van der Waals surface area contributed by atoms with Gasteiger partial charge in [-0.05, 0) is 74.1 Å². The molecule has 0 atom stereocenters. The zero-order valence-electron chi connectivity index (χ0n) is 25.5. The Morgan fingerprint density at radius 1 is 0.957 bits per heavy atom. The fraction of sp³-hybridized carbons (Fsp3) is 0.242. The Balaban J connectivity index is 1.15. The number of likely N-dealkylation sites (N-methyl/N-ethyl adjacent to an activating group) is 1. The normalized spacial score (nSPS) is 14.3. The van der Waals surface area contributed by atoms with Crippen LogP contribution in [0.3, 0.4) is 0 Å². The summed E-state index contributed by atoms with van der Waals surface area (Å²) in [5, 5.41) is 4.32. The smallest absolute Gasteiger partial charge is 0.322 e. The van der Waals surface area contributed by atoms with Crippen molar-refractivity contribution >= 4 is 44.6 Å². The van der Waals surface area contributed by atoms with Crippen LogP contribution >= 0.6 is 0 Å². The maximum absolute atomic E-state index is 14.5. The van der Waals surface area contributed by atoms with Crippen LogP contribution in [-0.2, 0) is 26.2 Å². The number of piperazine rings is 1. The third-order valence-electron chi connectivity index (χ3n) is 8.06. The van der Waals surface area contributed by atoms with E-state index < -0.39 is 20.7 Å². The lowest BCUT2D eigenvalue weighted by Gasteiger charge is -2.32. The van der Waals surface area contributed by atoms with Gasteiger partial charge in [-0.25, -0.2) is 14.4 Å². The highest BCUT2D eigenvalue weighted by atomic mass is 32.2. The van der Waals surface area contributed by atoms with Crippen LogP contribution in [0.5, 0.6) is 0 Å². The van der Waals surface area contributed by atoms with Gasteiger partial charge in [0.15, 0.2) is 0 Å². The summed E-state index contributed by atoms with van der Waals surface area (Å²) in [5.41, 5.74) is 3.99. The number of aromatic nitrogens is 3. The van der Waals surface area contributed by atoms with Crippen molar-refractivity contribution in [2.45, 2.75) is 18.4 Å². The topological polar surface area (TPSA) is 113 Å². The molecule has 0 bridgehead atoms. The van der Waals surface area contributed by atoms with Gasteiger partial charge >= 0.3 is 6.47 Å². The number of nitrogens with one attached hydrogen (secondary N) is 1. The molecule has 3 heterocycles. The number of carbonyl (C=O) groups is 1. The van der Waals surface area contributed by atoms with E-state index in [2.05, 4.69) is 67.2 Å². The molecule has 6 rings (SSSR count). The highest BCUT2D eigenvalue weighted by Gasteiger charge is 2.30. The molecule has 0 radical (unpaired) electrons. The van der Waals surface area contributed by atoms with Crippen molar-refractivity contribution in [1.82, 2.24) is 24.3 Å². The van der Waals surface area contributed by atoms with Gasteiger partial charge in [0, 0.05) is 73.7 Å². The van der Waals surface area contributed by atoms with E-state index in [0.717, 1.165) is 68.0 Å². The van der Waals surface area contributed by atoms with E-state index in [0.29, 0.717) is 21.5 Å². The number of aryl methyl sites for hydroxylation is 1. The van der Waals surface area contributed by atoms with Crippen molar-refractivity contribution in [2.75, 3.05) is 49.6 Å². The van der Waals surface area contributed by atoms with Gasteiger partial charge in [0.05, 0.1) is 11.4 Å². The molecule has 1 N–H and O–H groups in total. The molecule has 1 fully saturated rings. The minimum Gasteiger partial charge on any atom is -0.346 e. The highest BCUT2D eigenvalue weighted by molar-refractivity contribution is 7.92. The van der Waals surface area contributed by atoms with Crippen LogP contribution in [-0.4, -0.2) is 79.0 Å². The molecule has 13 heteroatoms. The minimum absolute atomic E-state index is 0.00442. The standard InChI is InChI=1S/C33H34FN7O4S/c1-24-3-10-32(29(34)19-24)46(43,44)41(45-23-42)28-7-5-27(6-8-28)37-33-21-30(35-22-36-33)25-4-9-31-26(20-25)11-12-40(31)18-17-39-15-13-38(2)14-16-39/h3-12,19-23H,13-18H2,1-2H3,(H,35,36,37). The minimum atomic E-state index is -4.54. The Bertz CT molecular complexity index is 1960. The third kappa shape index (κ3) is 6.71. The Hall–Kier alpha value is -4.85. The number of carbonyl (C=O) groups excluding carboxylic acids is 1. The maximum Gasteiger partial charge on any atom is 0.322 e. The largest absolute Gasteiger partial charge is 0.346 e. The van der Waals surface area contributed by atoms with Crippen LogP contribution in [0.15, 0.2) is 90.2 Å². The summed E-state index contributed by atoms with van der Waals surface area (Å²) >= 11 is 0. The highest BCUT2D eigenvalue weighted by Crippen LogP contribution is 2.29. The number of sulfonamides is 1. The lowest BCUT2D eigenvalue weighted by Crippen LogP contribution is -2.45.